The van der Waals surface area contributed by atoms with Gasteiger partial charge >= 0.3 is 6.18 Å². The molecule has 8 nitrogen and oxygen atoms in total. The molecule has 2 aromatic heterocycles. The normalized spacial score (nSPS) is 15.2. The predicted octanol–water partition coefficient (Wildman–Crippen LogP) is 5.30. The lowest BCUT2D eigenvalue weighted by molar-refractivity contribution is -0.137. The lowest BCUT2D eigenvalue weighted by Crippen LogP contribution is -2.49. The molecule has 3 aromatic carbocycles. The number of aromatic amines is 1. The summed E-state index contributed by atoms with van der Waals surface area (Å²) in [6.07, 6.45) is -3.70. The van der Waals surface area contributed by atoms with Gasteiger partial charge in [-0.05, 0) is 77.0 Å². The first-order chi connectivity index (χ1) is 20.7. The first-order valence-corrected chi connectivity index (χ1v) is 14.3. The molecule has 0 saturated carbocycles. The quantitative estimate of drug-likeness (QED) is 0.278. The van der Waals surface area contributed by atoms with Gasteiger partial charge in [-0.15, -0.1) is 5.10 Å². The number of aromatic nitrogens is 5. The maximum absolute atomic E-state index is 13.7. The van der Waals surface area contributed by atoms with Crippen molar-refractivity contribution in [3.8, 4) is 0 Å². The average molecular weight is 588 g/mol. The number of nitrogens with one attached hydrogen (secondary N) is 1. The van der Waals surface area contributed by atoms with Gasteiger partial charge in [0.25, 0.3) is 5.56 Å². The van der Waals surface area contributed by atoms with Gasteiger partial charge in [-0.1, -0.05) is 48.5 Å². The average Bonchev–Trinajstić information content (AvgIpc) is 3.47. The molecule has 1 aliphatic heterocycles. The van der Waals surface area contributed by atoms with Crippen LogP contribution in [-0.2, 0) is 19.1 Å². The second-order valence-corrected chi connectivity index (χ2v) is 11.0. The highest BCUT2D eigenvalue weighted by Crippen LogP contribution is 2.33. The van der Waals surface area contributed by atoms with E-state index in [1.54, 1.807) is 10.7 Å². The number of fused-ring (bicyclic) bond motifs is 1. The van der Waals surface area contributed by atoms with Crippen LogP contribution in [0.3, 0.4) is 0 Å². The summed E-state index contributed by atoms with van der Waals surface area (Å²) in [7, 11) is 0. The minimum atomic E-state index is -4.41. The zero-order valence-corrected chi connectivity index (χ0v) is 24.0. The molecule has 1 aliphatic rings. The molecule has 0 aliphatic carbocycles. The summed E-state index contributed by atoms with van der Waals surface area (Å²) >= 11 is 0. The van der Waals surface area contributed by atoms with Crippen molar-refractivity contribution in [1.82, 2.24) is 30.1 Å². The second-order valence-electron chi connectivity index (χ2n) is 11.0. The number of alkyl halides is 3. The van der Waals surface area contributed by atoms with E-state index in [0.29, 0.717) is 56.2 Å². The van der Waals surface area contributed by atoms with Gasteiger partial charge in [0.05, 0.1) is 11.1 Å². The topological polar surface area (TPSA) is 82.9 Å². The predicted molar refractivity (Wildman–Crippen MR) is 159 cm³/mol. The maximum atomic E-state index is 13.7. The fourth-order valence-corrected chi connectivity index (χ4v) is 5.81. The first kappa shape index (κ1) is 28.6. The third-order valence-corrected chi connectivity index (χ3v) is 8.35. The lowest BCUT2D eigenvalue weighted by Gasteiger charge is -2.39. The van der Waals surface area contributed by atoms with Gasteiger partial charge in [0, 0.05) is 44.0 Å². The third kappa shape index (κ3) is 5.90. The number of tetrazole rings is 1. The number of halogens is 3. The molecule has 1 atom stereocenters. The molecule has 1 fully saturated rings. The Morgan fingerprint density at radius 3 is 2.44 bits per heavy atom. The summed E-state index contributed by atoms with van der Waals surface area (Å²) < 4.78 is 41.9. The number of pyridine rings is 1. The largest absolute Gasteiger partial charge is 0.416 e. The van der Waals surface area contributed by atoms with Crippen LogP contribution in [0.1, 0.15) is 39.7 Å². The summed E-state index contributed by atoms with van der Waals surface area (Å²) in [6.45, 7) is 6.47. The van der Waals surface area contributed by atoms with Crippen LogP contribution in [0.4, 0.5) is 18.9 Å². The van der Waals surface area contributed by atoms with Crippen molar-refractivity contribution >= 4 is 16.6 Å². The molecule has 0 bridgehead atoms. The number of anilines is 1. The van der Waals surface area contributed by atoms with E-state index < -0.39 is 17.8 Å². The zero-order valence-electron chi connectivity index (χ0n) is 24.0. The summed E-state index contributed by atoms with van der Waals surface area (Å²) in [5.41, 5.74) is 4.20. The number of benzene rings is 3. The van der Waals surface area contributed by atoms with E-state index in [9.17, 15) is 18.0 Å². The van der Waals surface area contributed by atoms with Crippen molar-refractivity contribution in [3.05, 3.63) is 117 Å². The van der Waals surface area contributed by atoms with Crippen molar-refractivity contribution in [2.24, 2.45) is 0 Å². The van der Waals surface area contributed by atoms with Gasteiger partial charge in [0.2, 0.25) is 0 Å². The van der Waals surface area contributed by atoms with E-state index in [-0.39, 0.29) is 5.56 Å². The first-order valence-electron chi connectivity index (χ1n) is 14.3. The Morgan fingerprint density at radius 1 is 0.930 bits per heavy atom. The second kappa shape index (κ2) is 11.6. The Morgan fingerprint density at radius 2 is 1.70 bits per heavy atom. The van der Waals surface area contributed by atoms with Crippen molar-refractivity contribution in [1.29, 1.82) is 0 Å². The molecule has 222 valence electrons. The molecule has 6 rings (SSSR count). The van der Waals surface area contributed by atoms with Crippen LogP contribution < -0.4 is 10.5 Å². The number of hydrogen-bond acceptors (Lipinski definition) is 6. The van der Waals surface area contributed by atoms with E-state index in [0.717, 1.165) is 33.7 Å². The molecule has 0 amide bonds. The van der Waals surface area contributed by atoms with E-state index in [1.807, 2.05) is 67.3 Å². The van der Waals surface area contributed by atoms with Crippen LogP contribution in [-0.4, -0.2) is 56.3 Å². The molecule has 0 spiro atoms. The number of piperazine rings is 1. The van der Waals surface area contributed by atoms with E-state index in [1.165, 1.54) is 12.1 Å². The van der Waals surface area contributed by atoms with Crippen LogP contribution in [0, 0.1) is 13.8 Å². The molecule has 0 unspecified atom stereocenters. The highest BCUT2D eigenvalue weighted by molar-refractivity contribution is 5.83. The number of hydrogen-bond donors (Lipinski definition) is 1. The van der Waals surface area contributed by atoms with Gasteiger partial charge in [0.1, 0.15) is 6.04 Å². The molecule has 1 saturated heterocycles. The van der Waals surface area contributed by atoms with Gasteiger partial charge < -0.3 is 9.88 Å². The molecule has 0 radical (unpaired) electrons. The number of H-pyrrole nitrogens is 1. The monoisotopic (exact) mass is 587 g/mol. The fourth-order valence-electron chi connectivity index (χ4n) is 5.81. The number of rotatable bonds is 7. The third-order valence-electron chi connectivity index (χ3n) is 8.35. The van der Waals surface area contributed by atoms with Crippen molar-refractivity contribution in [2.45, 2.75) is 39.0 Å². The van der Waals surface area contributed by atoms with Crippen molar-refractivity contribution < 1.29 is 13.2 Å². The molecule has 5 aromatic rings. The molecule has 43 heavy (non-hydrogen) atoms. The van der Waals surface area contributed by atoms with Crippen LogP contribution in [0.15, 0.2) is 77.6 Å². The maximum Gasteiger partial charge on any atom is 0.416 e. The highest BCUT2D eigenvalue weighted by atomic mass is 19.4. The van der Waals surface area contributed by atoms with Crippen molar-refractivity contribution in [2.75, 3.05) is 31.1 Å². The number of aryl methyl sites for hydroxylation is 4. The smallest absolute Gasteiger partial charge is 0.369 e. The molecular formula is C32H32F3N7O. The van der Waals surface area contributed by atoms with Crippen LogP contribution in [0.25, 0.3) is 10.9 Å². The van der Waals surface area contributed by atoms with E-state index >= 15 is 0 Å². The van der Waals surface area contributed by atoms with Gasteiger partial charge in [0.15, 0.2) is 5.82 Å². The summed E-state index contributed by atoms with van der Waals surface area (Å²) in [6, 6.07) is 20.8. The SMILES string of the molecule is Cc1ccc2cc([C@@H](c3nnnn3CCc3ccccc3)N3CCN(c4cccc(C(F)(F)F)c4)CC3)c(=O)[nH]c2c1C. The van der Waals surface area contributed by atoms with E-state index in [2.05, 4.69) is 25.4 Å². The molecular weight excluding hydrogens is 555 g/mol. The van der Waals surface area contributed by atoms with Gasteiger partial charge in [-0.2, -0.15) is 13.2 Å². The van der Waals surface area contributed by atoms with Crippen LogP contribution >= 0.6 is 0 Å². The lowest BCUT2D eigenvalue weighted by atomic mass is 9.99. The molecule has 11 heteroatoms. The summed E-state index contributed by atoms with van der Waals surface area (Å²) in [5, 5.41) is 13.6. The standard InChI is InChI=1S/C32H32F3N7O/c1-21-11-12-24-19-27(31(43)36-28(24)22(21)2)29(30-37-38-39-42(30)14-13-23-7-4-3-5-8-23)41-17-15-40(16-18-41)26-10-6-9-25(20-26)32(33,34)35/h3-12,19-20,29H,13-18H2,1-2H3,(H,36,43)/t29-/m0/s1. The van der Waals surface area contributed by atoms with E-state index in [4.69, 9.17) is 0 Å². The van der Waals surface area contributed by atoms with Crippen LogP contribution in [0.5, 0.6) is 0 Å². The van der Waals surface area contributed by atoms with Gasteiger partial charge in [-0.25, -0.2) is 4.68 Å². The number of nitrogens with zero attached hydrogens (tertiary/aromatic N) is 6. The summed E-state index contributed by atoms with van der Waals surface area (Å²) in [5.74, 6) is 0.553. The zero-order chi connectivity index (χ0) is 30.1. The minimum Gasteiger partial charge on any atom is -0.369 e. The Labute approximate surface area is 246 Å². The van der Waals surface area contributed by atoms with Crippen molar-refractivity contribution in [3.63, 3.8) is 0 Å². The molecule has 3 heterocycles. The highest BCUT2D eigenvalue weighted by Gasteiger charge is 2.34. The fraction of sp³-hybridized carbons (Fsp3) is 0.312. The Kier molecular flexibility index (Phi) is 7.74. The Hall–Kier alpha value is -4.51. The Bertz CT molecular complexity index is 1790. The summed E-state index contributed by atoms with van der Waals surface area (Å²) in [4.78, 5) is 20.9. The minimum absolute atomic E-state index is 0.218. The Balaban J connectivity index is 1.34. The van der Waals surface area contributed by atoms with Gasteiger partial charge in [-0.3, -0.25) is 9.69 Å². The molecule has 1 N–H and O–H groups in total. The van der Waals surface area contributed by atoms with Crippen LogP contribution in [0.2, 0.25) is 0 Å².